The van der Waals surface area contributed by atoms with Crippen molar-refractivity contribution in [3.8, 4) is 6.07 Å². The summed E-state index contributed by atoms with van der Waals surface area (Å²) in [4.78, 5) is 24.2. The van der Waals surface area contributed by atoms with Crippen molar-refractivity contribution >= 4 is 63.3 Å². The molecule has 2 aliphatic rings. The monoisotopic (exact) mass is 531 g/mol. The Labute approximate surface area is 223 Å². The molecule has 9 heteroatoms. The summed E-state index contributed by atoms with van der Waals surface area (Å²) in [6.07, 6.45) is 0. The number of amides is 1. The topological polar surface area (TPSA) is 71.7 Å². The lowest BCUT2D eigenvalue weighted by Gasteiger charge is -2.17. The van der Waals surface area contributed by atoms with E-state index in [4.69, 9.17) is 16.6 Å². The minimum absolute atomic E-state index is 0.109. The maximum atomic E-state index is 13.8. The number of rotatable bonds is 5. The van der Waals surface area contributed by atoms with E-state index in [1.807, 2.05) is 56.4 Å². The van der Waals surface area contributed by atoms with Crippen LogP contribution < -0.4 is 10.2 Å². The van der Waals surface area contributed by atoms with Gasteiger partial charge in [-0.3, -0.25) is 9.69 Å². The molecular weight excluding hydrogens is 510 g/mol. The Kier molecular flexibility index (Phi) is 6.97. The Morgan fingerprint density at radius 2 is 1.92 bits per heavy atom. The first kappa shape index (κ1) is 24.3. The summed E-state index contributed by atoms with van der Waals surface area (Å²) in [6, 6.07) is 23.1. The molecule has 0 unspecified atom stereocenters. The number of benzene rings is 3. The molecule has 3 aromatic rings. The Balaban J connectivity index is 1.60. The minimum atomic E-state index is -0.109. The van der Waals surface area contributed by atoms with Crippen LogP contribution in [-0.2, 0) is 11.3 Å². The fraction of sp³-hybridized carbons (Fsp3) is 0.148. The van der Waals surface area contributed by atoms with Crippen molar-refractivity contribution in [2.45, 2.75) is 18.4 Å². The van der Waals surface area contributed by atoms with Gasteiger partial charge in [-0.05, 0) is 66.7 Å². The van der Waals surface area contributed by atoms with E-state index in [2.05, 4.69) is 28.4 Å². The molecule has 1 N–H and O–H groups in total. The van der Waals surface area contributed by atoms with E-state index in [0.29, 0.717) is 39.4 Å². The summed E-state index contributed by atoms with van der Waals surface area (Å²) in [5.74, 6) is -0.109. The number of aliphatic imine (C=N–C) groups is 1. The molecule has 2 heterocycles. The van der Waals surface area contributed by atoms with Gasteiger partial charge in [0.05, 0.1) is 40.3 Å². The average Bonchev–Trinajstić information content (AvgIpc) is 3.37. The molecule has 0 spiro atoms. The molecule has 180 valence electrons. The second-order valence-electron chi connectivity index (χ2n) is 8.15. The molecule has 5 rings (SSSR count). The molecule has 0 saturated carbocycles. The van der Waals surface area contributed by atoms with Crippen LogP contribution in [0.5, 0.6) is 0 Å². The van der Waals surface area contributed by atoms with Crippen molar-refractivity contribution in [3.05, 3.63) is 92.8 Å². The quantitative estimate of drug-likeness (QED) is 0.364. The highest BCUT2D eigenvalue weighted by molar-refractivity contribution is 8.19. The molecule has 6 nitrogen and oxygen atoms in total. The number of nitrogens with zero attached hydrogens (tertiary/aromatic N) is 4. The Hall–Kier alpha value is -3.38. The first-order valence-corrected chi connectivity index (χ1v) is 13.4. The zero-order valence-electron chi connectivity index (χ0n) is 19.7. The van der Waals surface area contributed by atoms with E-state index in [-0.39, 0.29) is 5.91 Å². The number of fused-ring (bicyclic) bond motifs is 1. The number of carbonyl (C=O) groups is 1. The fourth-order valence-corrected chi connectivity index (χ4v) is 6.56. The highest BCUT2D eigenvalue weighted by Crippen LogP contribution is 2.50. The van der Waals surface area contributed by atoms with Gasteiger partial charge in [0.1, 0.15) is 4.91 Å². The lowest BCUT2D eigenvalue weighted by Crippen LogP contribution is -2.29. The number of carbonyl (C=O) groups excluding carboxylic acids is 1. The van der Waals surface area contributed by atoms with Crippen LogP contribution in [0.4, 0.5) is 17.1 Å². The Morgan fingerprint density at radius 1 is 1.08 bits per heavy atom. The van der Waals surface area contributed by atoms with Crippen LogP contribution in [0.1, 0.15) is 18.1 Å². The number of para-hydroxylation sites is 1. The van der Waals surface area contributed by atoms with Gasteiger partial charge in [-0.15, -0.1) is 0 Å². The van der Waals surface area contributed by atoms with E-state index in [0.717, 1.165) is 26.9 Å². The molecule has 2 aliphatic heterocycles. The second-order valence-corrected chi connectivity index (χ2v) is 10.6. The fourth-order valence-electron chi connectivity index (χ4n) is 4.01. The van der Waals surface area contributed by atoms with Crippen molar-refractivity contribution in [1.29, 1.82) is 5.26 Å². The van der Waals surface area contributed by atoms with Gasteiger partial charge in [0.15, 0.2) is 5.17 Å². The van der Waals surface area contributed by atoms with Crippen LogP contribution in [0.2, 0.25) is 5.02 Å². The number of thioether (sulfide) groups is 2. The lowest BCUT2D eigenvalue weighted by molar-refractivity contribution is -0.122. The molecule has 1 saturated heterocycles. The third kappa shape index (κ3) is 4.70. The van der Waals surface area contributed by atoms with Crippen LogP contribution in [-0.4, -0.2) is 29.6 Å². The standard InChI is InChI=1S/C27H22ClN5OS2/c1-3-30-20-12-11-17(15-29)14-21(20)31-27-33(16-18-7-6-8-19(28)13-18)25(34)24(36-27)26-32(2)22-9-4-5-10-23(22)35-26/h4-14,30H,3,16H2,1-2H3. The van der Waals surface area contributed by atoms with Gasteiger partial charge < -0.3 is 10.2 Å². The zero-order chi connectivity index (χ0) is 25.2. The molecule has 36 heavy (non-hydrogen) atoms. The molecule has 0 atom stereocenters. The van der Waals surface area contributed by atoms with Crippen LogP contribution in [0.25, 0.3) is 0 Å². The highest BCUT2D eigenvalue weighted by Gasteiger charge is 2.39. The van der Waals surface area contributed by atoms with Crippen molar-refractivity contribution in [3.63, 3.8) is 0 Å². The van der Waals surface area contributed by atoms with E-state index in [9.17, 15) is 10.1 Å². The number of hydrogen-bond donors (Lipinski definition) is 1. The van der Waals surface area contributed by atoms with Crippen LogP contribution in [0.15, 0.2) is 86.6 Å². The summed E-state index contributed by atoms with van der Waals surface area (Å²) in [5.41, 5.74) is 3.90. The molecule has 0 bridgehead atoms. The van der Waals surface area contributed by atoms with E-state index >= 15 is 0 Å². The maximum Gasteiger partial charge on any atom is 0.269 e. The summed E-state index contributed by atoms with van der Waals surface area (Å²) in [6.45, 7) is 3.04. The number of hydrogen-bond acceptors (Lipinski definition) is 7. The van der Waals surface area contributed by atoms with Crippen LogP contribution in [0, 0.1) is 11.3 Å². The smallest absolute Gasteiger partial charge is 0.269 e. The van der Waals surface area contributed by atoms with E-state index in [1.165, 1.54) is 11.8 Å². The molecule has 0 radical (unpaired) electrons. The van der Waals surface area contributed by atoms with Crippen LogP contribution in [0.3, 0.4) is 0 Å². The lowest BCUT2D eigenvalue weighted by atomic mass is 10.2. The predicted molar refractivity (Wildman–Crippen MR) is 150 cm³/mol. The van der Waals surface area contributed by atoms with Crippen LogP contribution >= 0.6 is 35.1 Å². The first-order valence-electron chi connectivity index (χ1n) is 11.3. The molecule has 1 amide bonds. The SMILES string of the molecule is CCNc1ccc(C#N)cc1N=C1SC(=C2Sc3ccccc3N2C)C(=O)N1Cc1cccc(Cl)c1. The normalized spacial score (nSPS) is 18.1. The highest BCUT2D eigenvalue weighted by atomic mass is 35.5. The van der Waals surface area contributed by atoms with Gasteiger partial charge >= 0.3 is 0 Å². The van der Waals surface area contributed by atoms with Crippen molar-refractivity contribution in [1.82, 2.24) is 4.90 Å². The number of nitrogens with one attached hydrogen (secondary N) is 1. The van der Waals surface area contributed by atoms with E-state index in [1.54, 1.807) is 28.8 Å². The van der Waals surface area contributed by atoms with Gasteiger partial charge in [0, 0.05) is 23.5 Å². The van der Waals surface area contributed by atoms with Gasteiger partial charge in [-0.2, -0.15) is 5.26 Å². The summed E-state index contributed by atoms with van der Waals surface area (Å²) >= 11 is 9.17. The summed E-state index contributed by atoms with van der Waals surface area (Å²) < 4.78 is 0. The van der Waals surface area contributed by atoms with Gasteiger partial charge in [0.25, 0.3) is 5.91 Å². The molecule has 3 aromatic carbocycles. The zero-order valence-corrected chi connectivity index (χ0v) is 22.0. The summed E-state index contributed by atoms with van der Waals surface area (Å²) in [7, 11) is 1.98. The summed E-state index contributed by atoms with van der Waals surface area (Å²) in [5, 5.41) is 14.8. The average molecular weight is 532 g/mol. The third-order valence-corrected chi connectivity index (χ3v) is 8.40. The number of nitriles is 1. The van der Waals surface area contributed by atoms with E-state index < -0.39 is 0 Å². The van der Waals surface area contributed by atoms with Crippen molar-refractivity contribution < 1.29 is 4.79 Å². The largest absolute Gasteiger partial charge is 0.384 e. The van der Waals surface area contributed by atoms with Crippen molar-refractivity contribution in [2.75, 3.05) is 23.8 Å². The number of halogens is 1. The predicted octanol–water partition coefficient (Wildman–Crippen LogP) is 6.82. The second kappa shape index (κ2) is 10.3. The first-order chi connectivity index (χ1) is 17.5. The Morgan fingerprint density at radius 3 is 2.67 bits per heavy atom. The van der Waals surface area contributed by atoms with Gasteiger partial charge in [-0.25, -0.2) is 4.99 Å². The number of amidine groups is 1. The molecule has 0 aromatic heterocycles. The maximum absolute atomic E-state index is 13.8. The molecule has 0 aliphatic carbocycles. The van der Waals surface area contributed by atoms with Gasteiger partial charge in [-0.1, -0.05) is 47.6 Å². The minimum Gasteiger partial charge on any atom is -0.384 e. The number of anilines is 2. The Bertz CT molecular complexity index is 1460. The third-order valence-electron chi connectivity index (χ3n) is 5.74. The molecule has 1 fully saturated rings. The molecular formula is C27H22ClN5OS2. The van der Waals surface area contributed by atoms with Gasteiger partial charge in [0.2, 0.25) is 0 Å². The van der Waals surface area contributed by atoms with Crippen molar-refractivity contribution in [2.24, 2.45) is 4.99 Å².